The fourth-order valence-electron chi connectivity index (χ4n) is 1.55. The van der Waals surface area contributed by atoms with Gasteiger partial charge in [-0.15, -0.1) is 0 Å². The molecule has 106 valence electrons. The van der Waals surface area contributed by atoms with Crippen molar-refractivity contribution in [3.05, 3.63) is 23.8 Å². The van der Waals surface area contributed by atoms with Crippen molar-refractivity contribution < 1.29 is 22.7 Å². The van der Waals surface area contributed by atoms with Crippen molar-refractivity contribution in [1.29, 1.82) is 0 Å². The number of nitrogens with two attached hydrogens (primary N) is 1. The molecule has 19 heavy (non-hydrogen) atoms. The van der Waals surface area contributed by atoms with Crippen molar-refractivity contribution in [2.45, 2.75) is 12.2 Å². The summed E-state index contributed by atoms with van der Waals surface area (Å²) in [5, 5.41) is 0. The molecule has 0 saturated heterocycles. The lowest BCUT2D eigenvalue weighted by Crippen LogP contribution is -2.14. The maximum absolute atomic E-state index is 11.8. The molecule has 0 saturated carbocycles. The van der Waals surface area contributed by atoms with Gasteiger partial charge in [0.05, 0.1) is 32.1 Å². The molecule has 1 rings (SSSR count). The largest absolute Gasteiger partial charge is 0.497 e. The summed E-state index contributed by atoms with van der Waals surface area (Å²) in [6.07, 6.45) is -0.154. The highest BCUT2D eigenvalue weighted by atomic mass is 32.2. The first-order valence-corrected chi connectivity index (χ1v) is 7.39. The zero-order chi connectivity index (χ0) is 14.5. The molecule has 0 radical (unpaired) electrons. The summed E-state index contributed by atoms with van der Waals surface area (Å²) in [5.74, 6) is -0.491. The number of anilines is 1. The number of esters is 1. The third-order valence-corrected chi connectivity index (χ3v) is 4.06. The van der Waals surface area contributed by atoms with Gasteiger partial charge in [-0.3, -0.25) is 4.79 Å². The molecule has 7 heteroatoms. The standard InChI is InChI=1S/C12H17NO5S/c1-17-11-6-9(5-10(13)7-11)8-19(15,16)4-3-12(14)18-2/h5-7H,3-4,8,13H2,1-2H3. The minimum absolute atomic E-state index is 0.154. The van der Waals surface area contributed by atoms with Gasteiger partial charge < -0.3 is 15.2 Å². The number of ether oxygens (including phenoxy) is 2. The number of methoxy groups -OCH3 is 2. The SMILES string of the molecule is COC(=O)CCS(=O)(=O)Cc1cc(N)cc(OC)c1. The Morgan fingerprint density at radius 3 is 2.53 bits per heavy atom. The molecule has 0 aliphatic carbocycles. The highest BCUT2D eigenvalue weighted by Gasteiger charge is 2.15. The Hall–Kier alpha value is -1.76. The number of hydrogen-bond donors (Lipinski definition) is 1. The maximum Gasteiger partial charge on any atom is 0.306 e. The van der Waals surface area contributed by atoms with Gasteiger partial charge in [-0.25, -0.2) is 8.42 Å². The molecule has 0 fully saturated rings. The Morgan fingerprint density at radius 2 is 1.95 bits per heavy atom. The molecule has 2 N–H and O–H groups in total. The average molecular weight is 287 g/mol. The van der Waals surface area contributed by atoms with Gasteiger partial charge in [-0.05, 0) is 17.7 Å². The molecule has 1 aromatic rings. The lowest BCUT2D eigenvalue weighted by Gasteiger charge is -2.07. The summed E-state index contributed by atoms with van der Waals surface area (Å²) >= 11 is 0. The van der Waals surface area contributed by atoms with E-state index in [1.807, 2.05) is 0 Å². The van der Waals surface area contributed by atoms with E-state index in [0.717, 1.165) is 0 Å². The summed E-state index contributed by atoms with van der Waals surface area (Å²) in [7, 11) is -0.697. The lowest BCUT2D eigenvalue weighted by atomic mass is 10.2. The summed E-state index contributed by atoms with van der Waals surface area (Å²) in [6, 6.07) is 4.77. The van der Waals surface area contributed by atoms with E-state index in [0.29, 0.717) is 17.0 Å². The quantitative estimate of drug-likeness (QED) is 0.613. The van der Waals surface area contributed by atoms with E-state index in [4.69, 9.17) is 10.5 Å². The van der Waals surface area contributed by atoms with E-state index < -0.39 is 15.8 Å². The number of carbonyl (C=O) groups is 1. The number of carbonyl (C=O) groups excluding carboxylic acids is 1. The molecule has 0 spiro atoms. The molecule has 1 aromatic carbocycles. The van der Waals surface area contributed by atoms with Crippen LogP contribution in [0.4, 0.5) is 5.69 Å². The smallest absolute Gasteiger partial charge is 0.306 e. The van der Waals surface area contributed by atoms with Gasteiger partial charge in [0.25, 0.3) is 0 Å². The topological polar surface area (TPSA) is 95.7 Å². The predicted molar refractivity (Wildman–Crippen MR) is 71.5 cm³/mol. The van der Waals surface area contributed by atoms with Crippen LogP contribution >= 0.6 is 0 Å². The number of rotatable bonds is 6. The first kappa shape index (κ1) is 15.3. The summed E-state index contributed by atoms with van der Waals surface area (Å²) < 4.78 is 33.1. The fraction of sp³-hybridized carbons (Fsp3) is 0.417. The van der Waals surface area contributed by atoms with Gasteiger partial charge >= 0.3 is 5.97 Å². The van der Waals surface area contributed by atoms with E-state index in [-0.39, 0.29) is 17.9 Å². The van der Waals surface area contributed by atoms with Crippen LogP contribution in [0.5, 0.6) is 5.75 Å². The van der Waals surface area contributed by atoms with E-state index in [2.05, 4.69) is 4.74 Å². The van der Waals surface area contributed by atoms with Crippen LogP contribution in [-0.2, 0) is 25.1 Å². The number of sulfone groups is 1. The minimum Gasteiger partial charge on any atom is -0.497 e. The molecule has 0 unspecified atom stereocenters. The summed E-state index contributed by atoms with van der Waals surface area (Å²) in [6.45, 7) is 0. The Kier molecular flexibility index (Phi) is 5.17. The first-order chi connectivity index (χ1) is 8.86. The van der Waals surface area contributed by atoms with Gasteiger partial charge in [0, 0.05) is 11.8 Å². The molecule has 0 aliphatic heterocycles. The average Bonchev–Trinajstić information content (AvgIpc) is 2.34. The van der Waals surface area contributed by atoms with Crippen molar-refractivity contribution in [2.24, 2.45) is 0 Å². The zero-order valence-electron chi connectivity index (χ0n) is 10.9. The van der Waals surface area contributed by atoms with Gasteiger partial charge in [0.15, 0.2) is 9.84 Å². The third kappa shape index (κ3) is 5.17. The zero-order valence-corrected chi connectivity index (χ0v) is 11.7. The second kappa shape index (κ2) is 6.42. The lowest BCUT2D eigenvalue weighted by molar-refractivity contribution is -0.140. The van der Waals surface area contributed by atoms with Crippen LogP contribution in [0.15, 0.2) is 18.2 Å². The van der Waals surface area contributed by atoms with Crippen molar-refractivity contribution in [3.63, 3.8) is 0 Å². The molecule has 0 aliphatic rings. The second-order valence-electron chi connectivity index (χ2n) is 4.03. The van der Waals surface area contributed by atoms with Crippen LogP contribution in [0.1, 0.15) is 12.0 Å². The van der Waals surface area contributed by atoms with E-state index in [1.165, 1.54) is 14.2 Å². The Morgan fingerprint density at radius 1 is 1.26 bits per heavy atom. The first-order valence-electron chi connectivity index (χ1n) is 5.57. The number of hydrogen-bond acceptors (Lipinski definition) is 6. The third-order valence-electron chi connectivity index (χ3n) is 2.46. The maximum atomic E-state index is 11.8. The highest BCUT2D eigenvalue weighted by Crippen LogP contribution is 2.20. The van der Waals surface area contributed by atoms with Crippen LogP contribution in [0, 0.1) is 0 Å². The van der Waals surface area contributed by atoms with Crippen LogP contribution in [0.3, 0.4) is 0 Å². The van der Waals surface area contributed by atoms with Gasteiger partial charge in [0.1, 0.15) is 5.75 Å². The van der Waals surface area contributed by atoms with Crippen LogP contribution in [0.25, 0.3) is 0 Å². The Labute approximate surface area is 112 Å². The number of benzene rings is 1. The highest BCUT2D eigenvalue weighted by molar-refractivity contribution is 7.90. The van der Waals surface area contributed by atoms with Crippen LogP contribution in [-0.4, -0.2) is 34.4 Å². The van der Waals surface area contributed by atoms with E-state index in [1.54, 1.807) is 18.2 Å². The Bertz CT molecular complexity index is 553. The molecular formula is C12H17NO5S. The van der Waals surface area contributed by atoms with Gasteiger partial charge in [0.2, 0.25) is 0 Å². The van der Waals surface area contributed by atoms with Crippen LogP contribution in [0.2, 0.25) is 0 Å². The van der Waals surface area contributed by atoms with E-state index in [9.17, 15) is 13.2 Å². The van der Waals surface area contributed by atoms with Crippen molar-refractivity contribution in [1.82, 2.24) is 0 Å². The molecule has 0 bridgehead atoms. The molecule has 0 amide bonds. The molecule has 0 atom stereocenters. The van der Waals surface area contributed by atoms with Gasteiger partial charge in [-0.2, -0.15) is 0 Å². The predicted octanol–water partition coefficient (Wildman–Crippen LogP) is 0.755. The normalized spacial score (nSPS) is 11.1. The van der Waals surface area contributed by atoms with Crippen LogP contribution < -0.4 is 10.5 Å². The second-order valence-corrected chi connectivity index (χ2v) is 6.22. The monoisotopic (exact) mass is 287 g/mol. The summed E-state index contributed by atoms with van der Waals surface area (Å²) in [5.41, 5.74) is 6.61. The van der Waals surface area contributed by atoms with Crippen molar-refractivity contribution >= 4 is 21.5 Å². The Balaban J connectivity index is 2.77. The number of nitrogen functional groups attached to an aromatic ring is 1. The minimum atomic E-state index is -3.39. The molecular weight excluding hydrogens is 270 g/mol. The summed E-state index contributed by atoms with van der Waals surface area (Å²) in [4.78, 5) is 10.9. The van der Waals surface area contributed by atoms with Gasteiger partial charge in [-0.1, -0.05) is 0 Å². The molecule has 6 nitrogen and oxygen atoms in total. The van der Waals surface area contributed by atoms with Crippen molar-refractivity contribution in [3.8, 4) is 5.75 Å². The van der Waals surface area contributed by atoms with Crippen molar-refractivity contribution in [2.75, 3.05) is 25.7 Å². The molecule has 0 aromatic heterocycles. The van der Waals surface area contributed by atoms with E-state index >= 15 is 0 Å². The fourth-order valence-corrected chi connectivity index (χ4v) is 2.85. The molecule has 0 heterocycles.